The largest absolute Gasteiger partial charge is 0.314 e. The topological polar surface area (TPSA) is 15.3 Å². The molecule has 1 aliphatic heterocycles. The second-order valence-electron chi connectivity index (χ2n) is 4.68. The standard InChI is InChI=1S/C15H19ClN2/c1-13-12-17-9-11-18(13)10-3-2-4-14-5-7-15(16)8-6-14/h5-8,13,17H,4,9-12H2,1H3. The average molecular weight is 263 g/mol. The Labute approximate surface area is 114 Å². The minimum absolute atomic E-state index is 0.587. The third-order valence-corrected chi connectivity index (χ3v) is 3.50. The van der Waals surface area contributed by atoms with Gasteiger partial charge in [-0.3, -0.25) is 4.90 Å². The highest BCUT2D eigenvalue weighted by Gasteiger charge is 2.15. The fourth-order valence-electron chi connectivity index (χ4n) is 2.04. The first-order valence-electron chi connectivity index (χ1n) is 6.40. The highest BCUT2D eigenvalue weighted by atomic mass is 35.5. The van der Waals surface area contributed by atoms with Crippen LogP contribution in [0.2, 0.25) is 5.02 Å². The van der Waals surface area contributed by atoms with Crippen LogP contribution in [0.4, 0.5) is 0 Å². The average Bonchev–Trinajstić information content (AvgIpc) is 2.39. The van der Waals surface area contributed by atoms with Gasteiger partial charge in [0, 0.05) is 37.1 Å². The van der Waals surface area contributed by atoms with Crippen LogP contribution < -0.4 is 5.32 Å². The lowest BCUT2D eigenvalue weighted by molar-refractivity contribution is 0.196. The summed E-state index contributed by atoms with van der Waals surface area (Å²) in [5.41, 5.74) is 1.22. The normalized spacial score (nSPS) is 20.2. The van der Waals surface area contributed by atoms with Crippen molar-refractivity contribution in [2.75, 3.05) is 26.2 Å². The van der Waals surface area contributed by atoms with E-state index in [1.807, 2.05) is 24.3 Å². The molecule has 1 N–H and O–H groups in total. The molecule has 1 heterocycles. The van der Waals surface area contributed by atoms with Gasteiger partial charge in [0.05, 0.1) is 6.54 Å². The molecule has 0 aliphatic carbocycles. The van der Waals surface area contributed by atoms with Crippen molar-refractivity contribution in [3.8, 4) is 11.8 Å². The number of piperazine rings is 1. The summed E-state index contributed by atoms with van der Waals surface area (Å²) in [5, 5.41) is 4.16. The Morgan fingerprint density at radius 3 is 2.83 bits per heavy atom. The lowest BCUT2D eigenvalue weighted by Gasteiger charge is -2.32. The number of hydrogen-bond donors (Lipinski definition) is 1. The van der Waals surface area contributed by atoms with E-state index in [0.717, 1.165) is 37.6 Å². The van der Waals surface area contributed by atoms with Crippen LogP contribution in [0.15, 0.2) is 24.3 Å². The molecule has 0 radical (unpaired) electrons. The molecule has 1 unspecified atom stereocenters. The zero-order valence-corrected chi connectivity index (χ0v) is 11.5. The second-order valence-corrected chi connectivity index (χ2v) is 5.12. The molecule has 0 saturated carbocycles. The van der Waals surface area contributed by atoms with Crippen molar-refractivity contribution < 1.29 is 0 Å². The maximum Gasteiger partial charge on any atom is 0.0604 e. The first-order valence-corrected chi connectivity index (χ1v) is 6.78. The van der Waals surface area contributed by atoms with Crippen LogP contribution in [0.5, 0.6) is 0 Å². The summed E-state index contributed by atoms with van der Waals surface area (Å²) in [4.78, 5) is 2.42. The fraction of sp³-hybridized carbons (Fsp3) is 0.467. The van der Waals surface area contributed by atoms with Crippen LogP contribution in [0.1, 0.15) is 12.5 Å². The van der Waals surface area contributed by atoms with Gasteiger partial charge in [-0.15, -0.1) is 0 Å². The predicted octanol–water partition coefficient (Wildman–Crippen LogP) is 2.18. The second kappa shape index (κ2) is 6.80. The highest BCUT2D eigenvalue weighted by Crippen LogP contribution is 2.09. The molecule has 2 rings (SSSR count). The molecule has 1 atom stereocenters. The first-order chi connectivity index (χ1) is 8.75. The molecule has 1 aromatic carbocycles. The maximum absolute atomic E-state index is 5.84. The number of benzene rings is 1. The summed E-state index contributed by atoms with van der Waals surface area (Å²) in [7, 11) is 0. The fourth-order valence-corrected chi connectivity index (χ4v) is 2.17. The summed E-state index contributed by atoms with van der Waals surface area (Å²) in [6, 6.07) is 8.48. The van der Waals surface area contributed by atoms with E-state index in [4.69, 9.17) is 11.6 Å². The van der Waals surface area contributed by atoms with Gasteiger partial charge in [-0.2, -0.15) is 0 Å². The number of halogens is 1. The van der Waals surface area contributed by atoms with Crippen molar-refractivity contribution >= 4 is 11.6 Å². The lowest BCUT2D eigenvalue weighted by atomic mass is 10.1. The van der Waals surface area contributed by atoms with Gasteiger partial charge in [-0.1, -0.05) is 35.6 Å². The van der Waals surface area contributed by atoms with E-state index in [9.17, 15) is 0 Å². The van der Waals surface area contributed by atoms with Gasteiger partial charge in [0.15, 0.2) is 0 Å². The molecule has 0 spiro atoms. The van der Waals surface area contributed by atoms with Gasteiger partial charge in [0.1, 0.15) is 0 Å². The van der Waals surface area contributed by atoms with E-state index in [1.54, 1.807) is 0 Å². The zero-order chi connectivity index (χ0) is 12.8. The van der Waals surface area contributed by atoms with Crippen LogP contribution >= 0.6 is 11.6 Å². The van der Waals surface area contributed by atoms with E-state index in [1.165, 1.54) is 5.56 Å². The van der Waals surface area contributed by atoms with Crippen molar-refractivity contribution in [1.29, 1.82) is 0 Å². The summed E-state index contributed by atoms with van der Waals surface area (Å²) in [6.45, 7) is 6.35. The molecule has 0 bridgehead atoms. The summed E-state index contributed by atoms with van der Waals surface area (Å²) in [6.07, 6.45) is 0.803. The molecule has 96 valence electrons. The molecule has 1 aliphatic rings. The summed E-state index contributed by atoms with van der Waals surface area (Å²) >= 11 is 5.84. The molecule has 2 nitrogen and oxygen atoms in total. The van der Waals surface area contributed by atoms with Crippen LogP contribution in [0.25, 0.3) is 0 Å². The Morgan fingerprint density at radius 1 is 1.33 bits per heavy atom. The molecular formula is C15H19ClN2. The first kappa shape index (κ1) is 13.4. The van der Waals surface area contributed by atoms with Gasteiger partial charge in [-0.25, -0.2) is 0 Å². The number of nitrogens with one attached hydrogen (secondary N) is 1. The van der Waals surface area contributed by atoms with Gasteiger partial charge in [0.2, 0.25) is 0 Å². The van der Waals surface area contributed by atoms with Crippen LogP contribution in [0, 0.1) is 11.8 Å². The van der Waals surface area contributed by atoms with Crippen molar-refractivity contribution in [2.45, 2.75) is 19.4 Å². The molecular weight excluding hydrogens is 244 g/mol. The van der Waals surface area contributed by atoms with Crippen molar-refractivity contribution in [2.24, 2.45) is 0 Å². The van der Waals surface area contributed by atoms with E-state index in [-0.39, 0.29) is 0 Å². The van der Waals surface area contributed by atoms with Gasteiger partial charge in [0.25, 0.3) is 0 Å². The van der Waals surface area contributed by atoms with E-state index < -0.39 is 0 Å². The van der Waals surface area contributed by atoms with E-state index in [2.05, 4.69) is 29.0 Å². The quantitative estimate of drug-likeness (QED) is 0.822. The van der Waals surface area contributed by atoms with Crippen molar-refractivity contribution in [3.63, 3.8) is 0 Å². The Morgan fingerprint density at radius 2 is 2.11 bits per heavy atom. The number of hydrogen-bond acceptors (Lipinski definition) is 2. The van der Waals surface area contributed by atoms with Crippen LogP contribution in [-0.4, -0.2) is 37.1 Å². The maximum atomic E-state index is 5.84. The Bertz CT molecular complexity index is 430. The van der Waals surface area contributed by atoms with Crippen LogP contribution in [0.3, 0.4) is 0 Å². The minimum Gasteiger partial charge on any atom is -0.314 e. The van der Waals surface area contributed by atoms with Crippen molar-refractivity contribution in [3.05, 3.63) is 34.9 Å². The molecule has 0 amide bonds. The van der Waals surface area contributed by atoms with Gasteiger partial charge < -0.3 is 5.32 Å². The number of nitrogens with zero attached hydrogens (tertiary/aromatic N) is 1. The summed E-state index contributed by atoms with van der Waals surface area (Å²) in [5.74, 6) is 6.50. The van der Waals surface area contributed by atoms with E-state index >= 15 is 0 Å². The third kappa shape index (κ3) is 4.03. The molecule has 18 heavy (non-hydrogen) atoms. The van der Waals surface area contributed by atoms with Crippen LogP contribution in [-0.2, 0) is 6.42 Å². The highest BCUT2D eigenvalue weighted by molar-refractivity contribution is 6.30. The Hall–Kier alpha value is -1.01. The predicted molar refractivity (Wildman–Crippen MR) is 76.8 cm³/mol. The molecule has 1 fully saturated rings. The smallest absolute Gasteiger partial charge is 0.0604 e. The number of rotatable bonds is 2. The minimum atomic E-state index is 0.587. The molecule has 3 heteroatoms. The summed E-state index contributed by atoms with van der Waals surface area (Å²) < 4.78 is 0. The molecule has 1 aromatic rings. The third-order valence-electron chi connectivity index (χ3n) is 3.25. The molecule has 0 aromatic heterocycles. The SMILES string of the molecule is CC1CNCCN1CC#CCc1ccc(Cl)cc1. The monoisotopic (exact) mass is 262 g/mol. The Kier molecular flexibility index (Phi) is 5.07. The van der Waals surface area contributed by atoms with Crippen molar-refractivity contribution in [1.82, 2.24) is 10.2 Å². The lowest BCUT2D eigenvalue weighted by Crippen LogP contribution is -2.49. The van der Waals surface area contributed by atoms with Gasteiger partial charge in [-0.05, 0) is 24.6 Å². The molecule has 1 saturated heterocycles. The zero-order valence-electron chi connectivity index (χ0n) is 10.7. The van der Waals surface area contributed by atoms with Gasteiger partial charge >= 0.3 is 0 Å². The van der Waals surface area contributed by atoms with E-state index in [0.29, 0.717) is 6.04 Å². The Balaban J connectivity index is 1.80.